The summed E-state index contributed by atoms with van der Waals surface area (Å²) in [4.78, 5) is 20.3. The number of rotatable bonds is 4. The molecule has 1 saturated heterocycles. The van der Waals surface area contributed by atoms with Crippen molar-refractivity contribution < 1.29 is 9.13 Å². The van der Waals surface area contributed by atoms with E-state index in [2.05, 4.69) is 21.4 Å². The van der Waals surface area contributed by atoms with Crippen molar-refractivity contribution in [1.29, 1.82) is 0 Å². The molecule has 0 aliphatic carbocycles. The van der Waals surface area contributed by atoms with Crippen LogP contribution in [0.25, 0.3) is 16.6 Å². The molecule has 2 unspecified atom stereocenters. The second-order valence-corrected chi connectivity index (χ2v) is 8.27. The largest absolute Gasteiger partial charge is 0.487 e. The molecule has 2 bridgehead atoms. The minimum Gasteiger partial charge on any atom is -0.487 e. The summed E-state index contributed by atoms with van der Waals surface area (Å²) >= 11 is 0. The van der Waals surface area contributed by atoms with Crippen molar-refractivity contribution in [2.75, 3.05) is 0 Å². The summed E-state index contributed by atoms with van der Waals surface area (Å²) in [5.74, 6) is 0.0564. The Bertz CT molecular complexity index is 1340. The summed E-state index contributed by atoms with van der Waals surface area (Å²) in [5, 5.41) is 4.93. The van der Waals surface area contributed by atoms with Crippen molar-refractivity contribution in [3.8, 4) is 11.4 Å². The molecule has 0 amide bonds. The fourth-order valence-electron chi connectivity index (χ4n) is 4.84. The monoisotopic (exact) mass is 432 g/mol. The first-order valence-electron chi connectivity index (χ1n) is 10.5. The minimum absolute atomic E-state index is 0. The van der Waals surface area contributed by atoms with Crippen LogP contribution in [0, 0.1) is 5.82 Å². The van der Waals surface area contributed by atoms with Crippen molar-refractivity contribution in [3.63, 3.8) is 0 Å². The van der Waals surface area contributed by atoms with Crippen LogP contribution in [-0.4, -0.2) is 20.6 Å². The quantitative estimate of drug-likeness (QED) is 0.501. The van der Waals surface area contributed by atoms with E-state index < -0.39 is 5.82 Å². The van der Waals surface area contributed by atoms with Gasteiger partial charge in [0.1, 0.15) is 18.2 Å². The first kappa shape index (κ1) is 20.5. The molecule has 2 N–H and O–H groups in total. The lowest BCUT2D eigenvalue weighted by molar-refractivity contribution is 0.300. The lowest BCUT2D eigenvalue weighted by Crippen LogP contribution is -2.31. The SMILES string of the molecule is C.O=c1cc(OCc2ccc(F)cn2)ccn1-c1ccc2c3c([nH]c2c1)CC1CCC3N1. The van der Waals surface area contributed by atoms with Crippen molar-refractivity contribution in [2.24, 2.45) is 0 Å². The van der Waals surface area contributed by atoms with E-state index in [0.717, 1.165) is 23.8 Å². The van der Waals surface area contributed by atoms with E-state index in [1.165, 1.54) is 41.6 Å². The van der Waals surface area contributed by atoms with E-state index in [-0.39, 0.29) is 19.6 Å². The third kappa shape index (κ3) is 3.48. The molecule has 6 rings (SSSR count). The Morgan fingerprint density at radius 1 is 1.16 bits per heavy atom. The van der Waals surface area contributed by atoms with Gasteiger partial charge in [-0.15, -0.1) is 0 Å². The Morgan fingerprint density at radius 2 is 2.06 bits per heavy atom. The number of benzene rings is 1. The molecule has 164 valence electrons. The van der Waals surface area contributed by atoms with E-state index >= 15 is 0 Å². The van der Waals surface area contributed by atoms with E-state index in [9.17, 15) is 9.18 Å². The zero-order valence-electron chi connectivity index (χ0n) is 16.8. The van der Waals surface area contributed by atoms with Crippen molar-refractivity contribution >= 4 is 10.9 Å². The first-order chi connectivity index (χ1) is 15.1. The highest BCUT2D eigenvalue weighted by Gasteiger charge is 2.34. The number of halogens is 1. The van der Waals surface area contributed by atoms with E-state index in [0.29, 0.717) is 23.5 Å². The van der Waals surface area contributed by atoms with Crippen molar-refractivity contribution in [3.05, 3.63) is 88.0 Å². The normalized spacial score (nSPS) is 18.9. The maximum atomic E-state index is 13.0. The van der Waals surface area contributed by atoms with Gasteiger partial charge in [0.2, 0.25) is 0 Å². The summed E-state index contributed by atoms with van der Waals surface area (Å²) < 4.78 is 20.2. The number of H-pyrrole nitrogens is 1. The van der Waals surface area contributed by atoms with Gasteiger partial charge in [-0.1, -0.05) is 13.5 Å². The third-order valence-corrected chi connectivity index (χ3v) is 6.29. The predicted octanol–water partition coefficient (Wildman–Crippen LogP) is 4.42. The summed E-state index contributed by atoms with van der Waals surface area (Å²) in [6.45, 7) is 0.167. The summed E-state index contributed by atoms with van der Waals surface area (Å²) in [5.41, 5.74) is 4.99. The van der Waals surface area contributed by atoms with Gasteiger partial charge < -0.3 is 15.0 Å². The molecule has 1 fully saturated rings. The van der Waals surface area contributed by atoms with Crippen LogP contribution in [0.2, 0.25) is 0 Å². The van der Waals surface area contributed by atoms with Gasteiger partial charge in [0.15, 0.2) is 0 Å². The second kappa shape index (κ2) is 7.91. The molecule has 0 spiro atoms. The molecule has 4 aromatic rings. The smallest absolute Gasteiger partial charge is 0.258 e. The number of ether oxygens (including phenoxy) is 1. The molecule has 6 nitrogen and oxygen atoms in total. The Kier molecular flexibility index (Phi) is 5.06. The van der Waals surface area contributed by atoms with E-state index in [4.69, 9.17) is 4.74 Å². The minimum atomic E-state index is -0.394. The van der Waals surface area contributed by atoms with Crippen molar-refractivity contribution in [2.45, 2.75) is 45.4 Å². The first-order valence-corrected chi connectivity index (χ1v) is 10.5. The highest BCUT2D eigenvalue weighted by atomic mass is 19.1. The Labute approximate surface area is 185 Å². The molecule has 3 aromatic heterocycles. The van der Waals surface area contributed by atoms with Gasteiger partial charge in [0, 0.05) is 47.4 Å². The maximum Gasteiger partial charge on any atom is 0.258 e. The van der Waals surface area contributed by atoms with Gasteiger partial charge in [-0.25, -0.2) is 4.39 Å². The molecular weight excluding hydrogens is 407 g/mol. The number of pyridine rings is 2. The van der Waals surface area contributed by atoms with Gasteiger partial charge in [0.05, 0.1) is 17.6 Å². The molecule has 7 heteroatoms. The number of fused-ring (bicyclic) bond motifs is 6. The van der Waals surface area contributed by atoms with E-state index in [1.54, 1.807) is 22.9 Å². The Morgan fingerprint density at radius 3 is 2.88 bits per heavy atom. The number of nitrogens with zero attached hydrogens (tertiary/aromatic N) is 2. The standard InChI is InChI=1S/C24H21FN4O2.CH4/c25-14-1-2-16(26-12-14)13-31-18-7-8-29(23(30)11-18)17-4-5-19-21(10-17)28-22-9-15-3-6-20(27-15)24(19)22;/h1-2,4-5,7-8,10-12,15,20,27-28H,3,6,9,13H2;1H4. The lowest BCUT2D eigenvalue weighted by Gasteiger charge is -2.21. The second-order valence-electron chi connectivity index (χ2n) is 8.27. The Balaban J connectivity index is 0.00000216. The average Bonchev–Trinajstić information content (AvgIpc) is 3.34. The molecule has 2 atom stereocenters. The average molecular weight is 432 g/mol. The van der Waals surface area contributed by atoms with Crippen LogP contribution in [0.4, 0.5) is 4.39 Å². The lowest BCUT2D eigenvalue weighted by atomic mass is 9.99. The van der Waals surface area contributed by atoms with Gasteiger partial charge in [-0.05, 0) is 48.7 Å². The number of nitrogens with one attached hydrogen (secondary N) is 2. The predicted molar refractivity (Wildman–Crippen MR) is 122 cm³/mol. The molecule has 0 radical (unpaired) electrons. The molecular formula is C25H25FN4O2. The molecule has 2 aliphatic heterocycles. The maximum absolute atomic E-state index is 13.0. The van der Waals surface area contributed by atoms with Crippen LogP contribution in [0.1, 0.15) is 43.3 Å². The fourth-order valence-corrected chi connectivity index (χ4v) is 4.84. The van der Waals surface area contributed by atoms with E-state index in [1.807, 2.05) is 12.1 Å². The summed E-state index contributed by atoms with van der Waals surface area (Å²) in [6, 6.07) is 13.2. The van der Waals surface area contributed by atoms with Crippen LogP contribution in [-0.2, 0) is 13.0 Å². The van der Waals surface area contributed by atoms with Crippen LogP contribution >= 0.6 is 0 Å². The van der Waals surface area contributed by atoms with Gasteiger partial charge in [-0.3, -0.25) is 14.3 Å². The van der Waals surface area contributed by atoms with Gasteiger partial charge in [0.25, 0.3) is 5.56 Å². The Hall–Kier alpha value is -3.45. The zero-order chi connectivity index (χ0) is 20.9. The zero-order valence-corrected chi connectivity index (χ0v) is 16.8. The highest BCUT2D eigenvalue weighted by Crippen LogP contribution is 2.40. The molecule has 1 aromatic carbocycles. The van der Waals surface area contributed by atoms with Gasteiger partial charge >= 0.3 is 0 Å². The fraction of sp³-hybridized carbons (Fsp3) is 0.280. The van der Waals surface area contributed by atoms with Crippen LogP contribution in [0.5, 0.6) is 5.75 Å². The summed E-state index contributed by atoms with van der Waals surface area (Å²) in [6.07, 6.45) is 6.30. The summed E-state index contributed by atoms with van der Waals surface area (Å²) in [7, 11) is 0. The van der Waals surface area contributed by atoms with Crippen LogP contribution in [0.15, 0.2) is 59.7 Å². The molecule has 32 heavy (non-hydrogen) atoms. The number of aromatic nitrogens is 3. The highest BCUT2D eigenvalue weighted by molar-refractivity contribution is 5.87. The van der Waals surface area contributed by atoms with Crippen molar-refractivity contribution in [1.82, 2.24) is 19.9 Å². The van der Waals surface area contributed by atoms with Crippen LogP contribution in [0.3, 0.4) is 0 Å². The molecule has 0 saturated carbocycles. The number of aromatic amines is 1. The third-order valence-electron chi connectivity index (χ3n) is 6.29. The number of hydrogen-bond donors (Lipinski definition) is 2. The number of hydrogen-bond acceptors (Lipinski definition) is 4. The molecule has 2 aliphatic rings. The molecule has 5 heterocycles. The van der Waals surface area contributed by atoms with Gasteiger partial charge in [-0.2, -0.15) is 0 Å². The van der Waals surface area contributed by atoms with Crippen LogP contribution < -0.4 is 15.6 Å². The topological polar surface area (TPSA) is 71.9 Å².